The fourth-order valence-corrected chi connectivity index (χ4v) is 5.40. The van der Waals surface area contributed by atoms with E-state index in [1.54, 1.807) is 19.1 Å². The normalized spacial score (nSPS) is 15.0. The number of amides is 2. The molecule has 10 nitrogen and oxygen atoms in total. The third-order valence-electron chi connectivity index (χ3n) is 6.30. The third kappa shape index (κ3) is 9.26. The highest BCUT2D eigenvalue weighted by atomic mass is 32.2. The molecule has 2 aromatic rings. The molecule has 3 rings (SSSR count). The van der Waals surface area contributed by atoms with Crippen LogP contribution in [-0.4, -0.2) is 87.6 Å². The molecule has 2 aromatic carbocycles. The lowest BCUT2D eigenvalue weighted by Crippen LogP contribution is -2.49. The van der Waals surface area contributed by atoms with Crippen LogP contribution in [0.5, 0.6) is 5.75 Å². The summed E-state index contributed by atoms with van der Waals surface area (Å²) in [6.45, 7) is 7.35. The Kier molecular flexibility index (Phi) is 11.9. The molecule has 220 valence electrons. The molecule has 1 fully saturated rings. The average Bonchev–Trinajstić information content (AvgIpc) is 2.95. The maximum Gasteiger partial charge on any atom is 0.261 e. The van der Waals surface area contributed by atoms with E-state index >= 15 is 0 Å². The van der Waals surface area contributed by atoms with Crippen molar-refractivity contribution < 1.29 is 36.6 Å². The summed E-state index contributed by atoms with van der Waals surface area (Å²) in [4.78, 5) is 27.6. The van der Waals surface area contributed by atoms with Crippen molar-refractivity contribution in [3.63, 3.8) is 0 Å². The molecule has 2 amide bonds. The van der Waals surface area contributed by atoms with Gasteiger partial charge in [0.1, 0.15) is 17.6 Å². The van der Waals surface area contributed by atoms with Gasteiger partial charge in [-0.05, 0) is 69.2 Å². The molecule has 1 aliphatic heterocycles. The number of hydrogen-bond donors (Lipinski definition) is 1. The monoisotopic (exact) mass is 579 g/mol. The molecule has 1 aliphatic rings. The van der Waals surface area contributed by atoms with Crippen LogP contribution in [0.3, 0.4) is 0 Å². The number of benzene rings is 2. The predicted molar refractivity (Wildman–Crippen MR) is 147 cm³/mol. The van der Waals surface area contributed by atoms with Crippen LogP contribution < -0.4 is 10.1 Å². The Morgan fingerprint density at radius 2 is 1.70 bits per heavy atom. The lowest BCUT2D eigenvalue weighted by molar-refractivity contribution is -0.142. The molecule has 0 spiro atoms. The Morgan fingerprint density at radius 3 is 2.33 bits per heavy atom. The summed E-state index contributed by atoms with van der Waals surface area (Å²) < 4.78 is 56.8. The van der Waals surface area contributed by atoms with Gasteiger partial charge in [-0.3, -0.25) is 9.59 Å². The van der Waals surface area contributed by atoms with Gasteiger partial charge in [0.05, 0.1) is 24.2 Å². The number of nitrogens with zero attached hydrogens (tertiary/aromatic N) is 2. The lowest BCUT2D eigenvalue weighted by atomic mass is 10.1. The highest BCUT2D eigenvalue weighted by molar-refractivity contribution is 7.89. The first-order chi connectivity index (χ1) is 19.1. The molecule has 0 aliphatic carbocycles. The van der Waals surface area contributed by atoms with E-state index < -0.39 is 27.8 Å². The van der Waals surface area contributed by atoms with Gasteiger partial charge >= 0.3 is 0 Å². The zero-order valence-electron chi connectivity index (χ0n) is 23.2. The van der Waals surface area contributed by atoms with E-state index in [4.69, 9.17) is 14.2 Å². The smallest absolute Gasteiger partial charge is 0.261 e. The van der Waals surface area contributed by atoms with Crippen LogP contribution in [0.15, 0.2) is 53.4 Å². The van der Waals surface area contributed by atoms with E-state index in [1.165, 1.54) is 45.6 Å². The number of ether oxygens (including phenoxy) is 3. The maximum atomic E-state index is 13.4. The van der Waals surface area contributed by atoms with Crippen molar-refractivity contribution in [3.8, 4) is 5.75 Å². The standard InChI is InChI=1S/C28H38FN3O7S/c1-21(2)38-16-4-13-30-28(34)22(3)32(19-23-5-7-24(29)8-6-23)27(33)20-39-25-9-11-26(12-10-25)40(35,36)31-14-17-37-18-15-31/h5-12,21-22H,4,13-20H2,1-3H3,(H,30,34)/t22-/m0/s1. The average molecular weight is 580 g/mol. The molecule has 0 aromatic heterocycles. The van der Waals surface area contributed by atoms with Crippen LogP contribution in [0, 0.1) is 5.82 Å². The number of sulfonamides is 1. The first kappa shape index (κ1) is 31.5. The van der Waals surface area contributed by atoms with Crippen molar-refractivity contribution in [2.45, 2.75) is 50.8 Å². The van der Waals surface area contributed by atoms with E-state index in [2.05, 4.69) is 5.32 Å². The van der Waals surface area contributed by atoms with E-state index in [-0.39, 0.29) is 43.1 Å². The number of rotatable bonds is 14. The molecular formula is C28H38FN3O7S. The summed E-state index contributed by atoms with van der Waals surface area (Å²) in [5.74, 6) is -0.894. The fourth-order valence-electron chi connectivity index (χ4n) is 3.99. The highest BCUT2D eigenvalue weighted by Crippen LogP contribution is 2.21. The zero-order valence-corrected chi connectivity index (χ0v) is 24.0. The van der Waals surface area contributed by atoms with E-state index in [0.29, 0.717) is 44.1 Å². The number of halogens is 1. The van der Waals surface area contributed by atoms with Crippen LogP contribution in [0.2, 0.25) is 0 Å². The molecule has 12 heteroatoms. The summed E-state index contributed by atoms with van der Waals surface area (Å²) in [5.41, 5.74) is 0.650. The Bertz CT molecular complexity index is 1200. The van der Waals surface area contributed by atoms with Crippen molar-refractivity contribution in [2.24, 2.45) is 0 Å². The summed E-state index contributed by atoms with van der Waals surface area (Å²) in [6, 6.07) is 10.7. The number of carbonyl (C=O) groups excluding carboxylic acids is 2. The Hall–Kier alpha value is -3.06. The predicted octanol–water partition coefficient (Wildman–Crippen LogP) is 2.57. The van der Waals surface area contributed by atoms with Crippen LogP contribution >= 0.6 is 0 Å². The topological polar surface area (TPSA) is 114 Å². The SMILES string of the molecule is CC(C)OCCCNC(=O)[C@H](C)N(Cc1ccc(F)cc1)C(=O)COc1ccc(S(=O)(=O)N2CCOCC2)cc1. The molecular weight excluding hydrogens is 541 g/mol. The molecule has 1 heterocycles. The summed E-state index contributed by atoms with van der Waals surface area (Å²) in [6.07, 6.45) is 0.729. The second-order valence-corrected chi connectivity index (χ2v) is 11.6. The van der Waals surface area contributed by atoms with E-state index in [9.17, 15) is 22.4 Å². The highest BCUT2D eigenvalue weighted by Gasteiger charge is 2.28. The Balaban J connectivity index is 1.63. The number of carbonyl (C=O) groups is 2. The van der Waals surface area contributed by atoms with Crippen LogP contribution in [0.4, 0.5) is 4.39 Å². The largest absolute Gasteiger partial charge is 0.484 e. The third-order valence-corrected chi connectivity index (χ3v) is 8.21. The van der Waals surface area contributed by atoms with Crippen molar-refractivity contribution >= 4 is 21.8 Å². The van der Waals surface area contributed by atoms with Gasteiger partial charge in [0.15, 0.2) is 6.61 Å². The first-order valence-corrected chi connectivity index (χ1v) is 14.8. The van der Waals surface area contributed by atoms with E-state index in [1.807, 2.05) is 13.8 Å². The van der Waals surface area contributed by atoms with Gasteiger partial charge in [-0.1, -0.05) is 12.1 Å². The Labute approximate surface area is 235 Å². The van der Waals surface area contributed by atoms with Crippen LogP contribution in [-0.2, 0) is 35.6 Å². The zero-order chi connectivity index (χ0) is 29.1. The van der Waals surface area contributed by atoms with Crippen molar-refractivity contribution in [2.75, 3.05) is 46.1 Å². The minimum absolute atomic E-state index is 0.0737. The Morgan fingerprint density at radius 1 is 1.05 bits per heavy atom. The minimum Gasteiger partial charge on any atom is -0.484 e. The molecule has 0 saturated carbocycles. The van der Waals surface area contributed by atoms with Gasteiger partial charge in [0, 0.05) is 32.8 Å². The summed E-state index contributed by atoms with van der Waals surface area (Å²) >= 11 is 0. The molecule has 1 saturated heterocycles. The lowest BCUT2D eigenvalue weighted by Gasteiger charge is -2.29. The number of nitrogens with one attached hydrogen (secondary N) is 1. The fraction of sp³-hybridized carbons (Fsp3) is 0.500. The number of hydrogen-bond acceptors (Lipinski definition) is 7. The molecule has 1 atom stereocenters. The van der Waals surface area contributed by atoms with E-state index in [0.717, 1.165) is 0 Å². The van der Waals surface area contributed by atoms with Gasteiger partial charge in [0.2, 0.25) is 15.9 Å². The molecule has 0 unspecified atom stereocenters. The number of morpholine rings is 1. The maximum absolute atomic E-state index is 13.4. The second-order valence-electron chi connectivity index (χ2n) is 9.66. The second kappa shape index (κ2) is 15.1. The summed E-state index contributed by atoms with van der Waals surface area (Å²) in [5, 5.41) is 2.83. The minimum atomic E-state index is -3.65. The van der Waals surface area contributed by atoms with Gasteiger partial charge in [-0.15, -0.1) is 0 Å². The molecule has 0 bridgehead atoms. The first-order valence-electron chi connectivity index (χ1n) is 13.3. The van der Waals surface area contributed by atoms with Gasteiger partial charge in [0.25, 0.3) is 5.91 Å². The van der Waals surface area contributed by atoms with Crippen LogP contribution in [0.1, 0.15) is 32.8 Å². The van der Waals surface area contributed by atoms with Crippen molar-refractivity contribution in [3.05, 3.63) is 59.9 Å². The quantitative estimate of drug-likeness (QED) is 0.342. The van der Waals surface area contributed by atoms with Gasteiger partial charge < -0.3 is 24.4 Å². The van der Waals surface area contributed by atoms with Crippen molar-refractivity contribution in [1.29, 1.82) is 0 Å². The van der Waals surface area contributed by atoms with Crippen molar-refractivity contribution in [1.82, 2.24) is 14.5 Å². The molecule has 40 heavy (non-hydrogen) atoms. The van der Waals surface area contributed by atoms with Gasteiger partial charge in [-0.25, -0.2) is 12.8 Å². The molecule has 0 radical (unpaired) electrons. The summed E-state index contributed by atoms with van der Waals surface area (Å²) in [7, 11) is -3.65. The van der Waals surface area contributed by atoms with Gasteiger partial charge in [-0.2, -0.15) is 4.31 Å². The van der Waals surface area contributed by atoms with Crippen LogP contribution in [0.25, 0.3) is 0 Å². The molecule has 1 N–H and O–H groups in total.